The molecule has 0 saturated carbocycles. The average Bonchev–Trinajstić information content (AvgIpc) is 2.43. The van der Waals surface area contributed by atoms with Gasteiger partial charge in [0, 0.05) is 23.8 Å². The second kappa shape index (κ2) is 6.82. The highest BCUT2D eigenvalue weighted by Crippen LogP contribution is 2.31. The number of likely N-dealkylation sites (N-methyl/N-ethyl adjacent to an activating group) is 1. The van der Waals surface area contributed by atoms with E-state index in [1.54, 1.807) is 0 Å². The zero-order chi connectivity index (χ0) is 15.6. The molecule has 21 heavy (non-hydrogen) atoms. The molecule has 0 aromatic heterocycles. The summed E-state index contributed by atoms with van der Waals surface area (Å²) in [7, 11) is 2.07. The van der Waals surface area contributed by atoms with Crippen molar-refractivity contribution >= 4 is 33.2 Å². The highest BCUT2D eigenvalue weighted by molar-refractivity contribution is 9.10. The monoisotopic (exact) mass is 366 g/mol. The standard InChI is InChI=1S/C17H20BrClN2/c1-11-4-7-16(12(2)8-11)21(3)17(10-20)13-5-6-14(18)15(19)9-13/h4-9,17H,10,20H2,1-3H3. The Hall–Kier alpha value is -1.03. The van der Waals surface area contributed by atoms with Crippen LogP contribution < -0.4 is 10.6 Å². The summed E-state index contributed by atoms with van der Waals surface area (Å²) in [5, 5.41) is 0.708. The lowest BCUT2D eigenvalue weighted by Gasteiger charge is -2.31. The van der Waals surface area contributed by atoms with E-state index in [0.29, 0.717) is 11.6 Å². The van der Waals surface area contributed by atoms with Crippen LogP contribution >= 0.6 is 27.5 Å². The lowest BCUT2D eigenvalue weighted by Crippen LogP contribution is -2.30. The van der Waals surface area contributed by atoms with Crippen LogP contribution in [0, 0.1) is 13.8 Å². The molecule has 2 aromatic rings. The first-order chi connectivity index (χ1) is 9.93. The van der Waals surface area contributed by atoms with E-state index in [2.05, 4.69) is 66.0 Å². The highest BCUT2D eigenvalue weighted by Gasteiger charge is 2.18. The molecule has 0 aliphatic heterocycles. The lowest BCUT2D eigenvalue weighted by molar-refractivity contribution is 0.679. The van der Waals surface area contributed by atoms with E-state index < -0.39 is 0 Å². The Kier molecular flexibility index (Phi) is 5.31. The van der Waals surface area contributed by atoms with Gasteiger partial charge in [0.05, 0.1) is 11.1 Å². The lowest BCUT2D eigenvalue weighted by atomic mass is 10.0. The quantitative estimate of drug-likeness (QED) is 0.836. The molecule has 2 aromatic carbocycles. The second-order valence-electron chi connectivity index (χ2n) is 5.33. The van der Waals surface area contributed by atoms with Gasteiger partial charge in [0.2, 0.25) is 0 Å². The number of halogens is 2. The normalized spacial score (nSPS) is 12.3. The number of hydrogen-bond donors (Lipinski definition) is 1. The van der Waals surface area contributed by atoms with E-state index in [-0.39, 0.29) is 6.04 Å². The van der Waals surface area contributed by atoms with E-state index in [4.69, 9.17) is 17.3 Å². The first-order valence-corrected chi connectivity index (χ1v) is 8.06. The largest absolute Gasteiger partial charge is 0.366 e. The Morgan fingerprint density at radius 1 is 1.19 bits per heavy atom. The van der Waals surface area contributed by atoms with Crippen molar-refractivity contribution < 1.29 is 0 Å². The van der Waals surface area contributed by atoms with Gasteiger partial charge in [-0.1, -0.05) is 35.4 Å². The zero-order valence-corrected chi connectivity index (χ0v) is 14.9. The molecule has 4 heteroatoms. The molecule has 0 saturated heterocycles. The van der Waals surface area contributed by atoms with E-state index in [1.165, 1.54) is 16.8 Å². The number of nitrogens with two attached hydrogens (primary N) is 1. The average molecular weight is 368 g/mol. The van der Waals surface area contributed by atoms with Crippen molar-refractivity contribution in [1.82, 2.24) is 0 Å². The van der Waals surface area contributed by atoms with Crippen LogP contribution in [0.4, 0.5) is 5.69 Å². The number of hydrogen-bond acceptors (Lipinski definition) is 2. The molecular formula is C17H20BrClN2. The van der Waals surface area contributed by atoms with Crippen molar-refractivity contribution in [3.05, 3.63) is 62.6 Å². The van der Waals surface area contributed by atoms with Crippen LogP contribution in [0.5, 0.6) is 0 Å². The molecule has 0 aliphatic carbocycles. The summed E-state index contributed by atoms with van der Waals surface area (Å²) in [6.07, 6.45) is 0. The van der Waals surface area contributed by atoms with E-state index in [9.17, 15) is 0 Å². The van der Waals surface area contributed by atoms with Gasteiger partial charge < -0.3 is 10.6 Å². The summed E-state index contributed by atoms with van der Waals surface area (Å²) in [4.78, 5) is 2.22. The van der Waals surface area contributed by atoms with Crippen LogP contribution in [0.15, 0.2) is 40.9 Å². The third kappa shape index (κ3) is 3.60. The van der Waals surface area contributed by atoms with Gasteiger partial charge >= 0.3 is 0 Å². The Balaban J connectivity index is 2.37. The molecule has 2 rings (SSSR count). The maximum atomic E-state index is 6.21. The van der Waals surface area contributed by atoms with E-state index in [0.717, 1.165) is 10.0 Å². The van der Waals surface area contributed by atoms with Crippen LogP contribution in [0.3, 0.4) is 0 Å². The van der Waals surface area contributed by atoms with Crippen molar-refractivity contribution in [3.8, 4) is 0 Å². The van der Waals surface area contributed by atoms with E-state index in [1.807, 2.05) is 12.1 Å². The van der Waals surface area contributed by atoms with Crippen molar-refractivity contribution in [1.29, 1.82) is 0 Å². The van der Waals surface area contributed by atoms with Crippen LogP contribution in [-0.2, 0) is 0 Å². The van der Waals surface area contributed by atoms with Gasteiger partial charge in [0.25, 0.3) is 0 Å². The summed E-state index contributed by atoms with van der Waals surface area (Å²) >= 11 is 9.64. The van der Waals surface area contributed by atoms with Gasteiger partial charge in [-0.3, -0.25) is 0 Å². The number of nitrogens with zero attached hydrogens (tertiary/aromatic N) is 1. The first-order valence-electron chi connectivity index (χ1n) is 6.89. The van der Waals surface area contributed by atoms with E-state index >= 15 is 0 Å². The van der Waals surface area contributed by atoms with Gasteiger partial charge in [-0.2, -0.15) is 0 Å². The van der Waals surface area contributed by atoms with Gasteiger partial charge in [-0.25, -0.2) is 0 Å². The molecule has 2 nitrogen and oxygen atoms in total. The fourth-order valence-corrected chi connectivity index (χ4v) is 3.04. The minimum absolute atomic E-state index is 0.0945. The maximum absolute atomic E-state index is 6.21. The predicted octanol–water partition coefficient (Wildman–Crippen LogP) is 4.86. The minimum atomic E-state index is 0.0945. The Morgan fingerprint density at radius 2 is 1.90 bits per heavy atom. The van der Waals surface area contributed by atoms with Crippen LogP contribution in [-0.4, -0.2) is 13.6 Å². The number of benzene rings is 2. The molecule has 0 bridgehead atoms. The molecule has 2 N–H and O–H groups in total. The molecule has 0 heterocycles. The smallest absolute Gasteiger partial charge is 0.0662 e. The van der Waals surface area contributed by atoms with Crippen molar-refractivity contribution in [2.45, 2.75) is 19.9 Å². The predicted molar refractivity (Wildman–Crippen MR) is 95.3 cm³/mol. The Morgan fingerprint density at radius 3 is 2.48 bits per heavy atom. The number of anilines is 1. The van der Waals surface area contributed by atoms with Gasteiger partial charge in [-0.15, -0.1) is 0 Å². The molecule has 112 valence electrons. The summed E-state index contributed by atoms with van der Waals surface area (Å²) in [6.45, 7) is 4.76. The zero-order valence-electron chi connectivity index (χ0n) is 12.5. The van der Waals surface area contributed by atoms with Crippen LogP contribution in [0.2, 0.25) is 5.02 Å². The summed E-state index contributed by atoms with van der Waals surface area (Å²) in [5.74, 6) is 0. The maximum Gasteiger partial charge on any atom is 0.0662 e. The van der Waals surface area contributed by atoms with Crippen LogP contribution in [0.25, 0.3) is 0 Å². The van der Waals surface area contributed by atoms with Gasteiger partial charge in [0.1, 0.15) is 0 Å². The summed E-state index contributed by atoms with van der Waals surface area (Å²) in [6, 6.07) is 12.6. The Bertz CT molecular complexity index is 643. The highest BCUT2D eigenvalue weighted by atomic mass is 79.9. The van der Waals surface area contributed by atoms with Crippen molar-refractivity contribution in [2.24, 2.45) is 5.73 Å². The van der Waals surface area contributed by atoms with Gasteiger partial charge in [-0.05, 0) is 59.1 Å². The fourth-order valence-electron chi connectivity index (χ4n) is 2.61. The summed E-state index contributed by atoms with van der Waals surface area (Å²) in [5.41, 5.74) is 10.8. The number of aryl methyl sites for hydroxylation is 2. The fraction of sp³-hybridized carbons (Fsp3) is 0.294. The first kappa shape index (κ1) is 16.3. The van der Waals surface area contributed by atoms with Crippen molar-refractivity contribution in [3.63, 3.8) is 0 Å². The molecule has 0 aliphatic rings. The molecular weight excluding hydrogens is 348 g/mol. The molecule has 1 atom stereocenters. The topological polar surface area (TPSA) is 29.3 Å². The van der Waals surface area contributed by atoms with Crippen LogP contribution in [0.1, 0.15) is 22.7 Å². The third-order valence-corrected chi connectivity index (χ3v) is 4.98. The van der Waals surface area contributed by atoms with Crippen molar-refractivity contribution in [2.75, 3.05) is 18.5 Å². The molecule has 0 fully saturated rings. The molecule has 0 radical (unpaired) electrons. The minimum Gasteiger partial charge on any atom is -0.366 e. The molecule has 0 spiro atoms. The Labute approximate surface area is 140 Å². The number of rotatable bonds is 4. The SMILES string of the molecule is Cc1ccc(N(C)C(CN)c2ccc(Br)c(Cl)c2)c(C)c1. The third-order valence-electron chi connectivity index (χ3n) is 3.75. The molecule has 1 unspecified atom stereocenters. The second-order valence-corrected chi connectivity index (χ2v) is 6.59. The summed E-state index contributed by atoms with van der Waals surface area (Å²) < 4.78 is 0.901. The molecule has 0 amide bonds. The van der Waals surface area contributed by atoms with Gasteiger partial charge in [0.15, 0.2) is 0 Å².